The molecule has 35 heavy (non-hydrogen) atoms. The van der Waals surface area contributed by atoms with Crippen LogP contribution in [0.1, 0.15) is 60.3 Å². The van der Waals surface area contributed by atoms with Gasteiger partial charge >= 0.3 is 0 Å². The van der Waals surface area contributed by atoms with Crippen LogP contribution in [0.15, 0.2) is 0 Å². The highest BCUT2D eigenvalue weighted by atomic mass is 16.5. The fourth-order valence-electron chi connectivity index (χ4n) is 5.16. The van der Waals surface area contributed by atoms with Crippen LogP contribution in [0, 0.1) is 17.8 Å². The topological polar surface area (TPSA) is 131 Å². The molecule has 1 saturated heterocycles. The van der Waals surface area contributed by atoms with Crippen LogP contribution in [0.5, 0.6) is 0 Å². The summed E-state index contributed by atoms with van der Waals surface area (Å²) in [6, 6.07) is -1.30. The molecular formula is C25H46N4O6. The van der Waals surface area contributed by atoms with Gasteiger partial charge in [0.1, 0.15) is 6.04 Å². The number of carbonyl (C=O) groups is 4. The summed E-state index contributed by atoms with van der Waals surface area (Å²) < 4.78 is 11.4. The van der Waals surface area contributed by atoms with Crippen LogP contribution < -0.4 is 11.1 Å². The number of amides is 4. The van der Waals surface area contributed by atoms with Gasteiger partial charge < -0.3 is 30.3 Å². The first-order valence-corrected chi connectivity index (χ1v) is 12.6. The standard InChI is InChI=1S/C25H46N4O6/c1-9-16(4)22(28(6)25(33)21(15(2)3)27-14-30)19(34-7)13-20(31)29-12-10-11-18(29)23(35-8)17(5)24(26)32/h14-19,21-23H,9-13H2,1-8H3,(H2,26,32)(H,27,30). The Kier molecular flexibility index (Phi) is 12.7. The van der Waals surface area contributed by atoms with Crippen LogP contribution in [0.4, 0.5) is 0 Å². The number of rotatable bonds is 15. The minimum Gasteiger partial charge on any atom is -0.379 e. The number of nitrogens with one attached hydrogen (secondary N) is 1. The monoisotopic (exact) mass is 498 g/mol. The quantitative estimate of drug-likeness (QED) is 0.326. The number of hydrogen-bond acceptors (Lipinski definition) is 6. The minimum absolute atomic E-state index is 0.0433. The van der Waals surface area contributed by atoms with E-state index in [9.17, 15) is 19.2 Å². The van der Waals surface area contributed by atoms with Crippen molar-refractivity contribution < 1.29 is 28.7 Å². The maximum Gasteiger partial charge on any atom is 0.245 e. The van der Waals surface area contributed by atoms with E-state index in [2.05, 4.69) is 5.32 Å². The lowest BCUT2D eigenvalue weighted by Gasteiger charge is -2.40. The normalized spacial score (nSPS) is 21.1. The van der Waals surface area contributed by atoms with Crippen LogP contribution in [-0.2, 0) is 28.7 Å². The van der Waals surface area contributed by atoms with Crippen molar-refractivity contribution in [2.75, 3.05) is 27.8 Å². The van der Waals surface area contributed by atoms with E-state index in [0.29, 0.717) is 13.0 Å². The van der Waals surface area contributed by atoms with Gasteiger partial charge in [0.05, 0.1) is 36.6 Å². The van der Waals surface area contributed by atoms with Gasteiger partial charge in [-0.05, 0) is 24.7 Å². The van der Waals surface area contributed by atoms with Crippen molar-refractivity contribution in [3.63, 3.8) is 0 Å². The maximum atomic E-state index is 13.5. The van der Waals surface area contributed by atoms with E-state index in [-0.39, 0.29) is 42.2 Å². The van der Waals surface area contributed by atoms with Gasteiger partial charge in [0.25, 0.3) is 0 Å². The number of primary amides is 1. The summed E-state index contributed by atoms with van der Waals surface area (Å²) in [6.07, 6.45) is 1.88. The highest BCUT2D eigenvalue weighted by Crippen LogP contribution is 2.29. The molecule has 7 atom stereocenters. The van der Waals surface area contributed by atoms with Gasteiger partial charge in [-0.1, -0.05) is 41.0 Å². The predicted octanol–water partition coefficient (Wildman–Crippen LogP) is 1.16. The smallest absolute Gasteiger partial charge is 0.245 e. The third-order valence-electron chi connectivity index (χ3n) is 7.47. The predicted molar refractivity (Wildman–Crippen MR) is 133 cm³/mol. The third kappa shape index (κ3) is 7.64. The Hall–Kier alpha value is -2.20. The number of likely N-dealkylation sites (tertiary alicyclic amines) is 1. The van der Waals surface area contributed by atoms with Crippen molar-refractivity contribution >= 4 is 24.1 Å². The minimum atomic E-state index is -0.669. The molecule has 1 fully saturated rings. The van der Waals surface area contributed by atoms with Gasteiger partial charge in [-0.2, -0.15) is 0 Å². The van der Waals surface area contributed by atoms with Gasteiger partial charge in [-0.3, -0.25) is 19.2 Å². The molecule has 3 N–H and O–H groups in total. The molecule has 0 saturated carbocycles. The van der Waals surface area contributed by atoms with Gasteiger partial charge in [0, 0.05) is 27.8 Å². The van der Waals surface area contributed by atoms with E-state index in [0.717, 1.165) is 19.3 Å². The lowest BCUT2D eigenvalue weighted by molar-refractivity contribution is -0.147. The Balaban J connectivity index is 3.16. The molecule has 1 rings (SSSR count). The van der Waals surface area contributed by atoms with Gasteiger partial charge in [-0.25, -0.2) is 0 Å². The van der Waals surface area contributed by atoms with Gasteiger partial charge in [0.2, 0.25) is 24.1 Å². The van der Waals surface area contributed by atoms with Crippen LogP contribution in [0.25, 0.3) is 0 Å². The van der Waals surface area contributed by atoms with Crippen LogP contribution in [-0.4, -0.2) is 92.1 Å². The number of likely N-dealkylation sites (N-methyl/N-ethyl adjacent to an activating group) is 1. The van der Waals surface area contributed by atoms with Crippen LogP contribution >= 0.6 is 0 Å². The first-order valence-electron chi connectivity index (χ1n) is 12.6. The summed E-state index contributed by atoms with van der Waals surface area (Å²) in [5.74, 6) is -1.39. The second-order valence-corrected chi connectivity index (χ2v) is 10.00. The van der Waals surface area contributed by atoms with Gasteiger partial charge in [-0.15, -0.1) is 0 Å². The molecule has 0 aromatic carbocycles. The Labute approximate surface area is 210 Å². The number of ether oxygens (including phenoxy) is 2. The van der Waals surface area contributed by atoms with E-state index in [1.54, 1.807) is 30.9 Å². The zero-order chi connectivity index (χ0) is 26.9. The number of carbonyl (C=O) groups excluding carboxylic acids is 4. The van der Waals surface area contributed by atoms with Crippen LogP contribution in [0.2, 0.25) is 0 Å². The largest absolute Gasteiger partial charge is 0.379 e. The summed E-state index contributed by atoms with van der Waals surface area (Å²) in [7, 11) is 4.77. The zero-order valence-corrected chi connectivity index (χ0v) is 22.7. The molecule has 10 heteroatoms. The summed E-state index contributed by atoms with van der Waals surface area (Å²) in [5.41, 5.74) is 5.51. The van der Waals surface area contributed by atoms with E-state index in [1.807, 2.05) is 27.7 Å². The molecule has 0 aliphatic carbocycles. The fourth-order valence-corrected chi connectivity index (χ4v) is 5.16. The molecule has 0 aromatic rings. The van der Waals surface area contributed by atoms with E-state index in [4.69, 9.17) is 15.2 Å². The van der Waals surface area contributed by atoms with Crippen molar-refractivity contribution in [1.82, 2.24) is 15.1 Å². The summed E-state index contributed by atoms with van der Waals surface area (Å²) in [6.45, 7) is 10.1. The molecule has 0 bridgehead atoms. The first-order chi connectivity index (χ1) is 16.5. The highest BCUT2D eigenvalue weighted by molar-refractivity contribution is 5.84. The molecule has 7 unspecified atom stereocenters. The summed E-state index contributed by atoms with van der Waals surface area (Å²) in [5, 5.41) is 2.62. The summed E-state index contributed by atoms with van der Waals surface area (Å²) >= 11 is 0. The molecular weight excluding hydrogens is 452 g/mol. The molecule has 0 radical (unpaired) electrons. The number of hydrogen-bond donors (Lipinski definition) is 2. The van der Waals surface area contributed by atoms with Crippen molar-refractivity contribution in [3.8, 4) is 0 Å². The Bertz CT molecular complexity index is 718. The Morgan fingerprint density at radius 2 is 1.80 bits per heavy atom. The number of nitrogens with two attached hydrogens (primary N) is 1. The van der Waals surface area contributed by atoms with Crippen LogP contribution in [0.3, 0.4) is 0 Å². The first kappa shape index (κ1) is 30.8. The Morgan fingerprint density at radius 3 is 2.26 bits per heavy atom. The van der Waals surface area contributed by atoms with Crippen molar-refractivity contribution in [2.24, 2.45) is 23.5 Å². The number of methoxy groups -OCH3 is 2. The lowest BCUT2D eigenvalue weighted by Crippen LogP contribution is -2.57. The number of nitrogens with zero attached hydrogens (tertiary/aromatic N) is 2. The SMILES string of the molecule is CCC(C)C(C(CC(=O)N1CCCC1C(OC)C(C)C(N)=O)OC)N(C)C(=O)C(NC=O)C(C)C. The van der Waals surface area contributed by atoms with E-state index >= 15 is 0 Å². The average molecular weight is 499 g/mol. The molecule has 1 aliphatic rings. The van der Waals surface area contributed by atoms with E-state index in [1.165, 1.54) is 7.11 Å². The maximum absolute atomic E-state index is 13.5. The fraction of sp³-hybridized carbons (Fsp3) is 0.840. The van der Waals surface area contributed by atoms with Crippen molar-refractivity contribution in [3.05, 3.63) is 0 Å². The molecule has 202 valence electrons. The molecule has 0 spiro atoms. The molecule has 1 heterocycles. The second-order valence-electron chi connectivity index (χ2n) is 10.00. The van der Waals surface area contributed by atoms with Gasteiger partial charge in [0.15, 0.2) is 0 Å². The van der Waals surface area contributed by atoms with Crippen molar-refractivity contribution in [2.45, 2.75) is 90.6 Å². The second kappa shape index (κ2) is 14.4. The Morgan fingerprint density at radius 1 is 1.17 bits per heavy atom. The molecule has 1 aliphatic heterocycles. The molecule has 4 amide bonds. The highest BCUT2D eigenvalue weighted by Gasteiger charge is 2.42. The average Bonchev–Trinajstić information content (AvgIpc) is 3.30. The lowest BCUT2D eigenvalue weighted by atomic mass is 9.89. The van der Waals surface area contributed by atoms with E-state index < -0.39 is 30.1 Å². The third-order valence-corrected chi connectivity index (χ3v) is 7.47. The summed E-state index contributed by atoms with van der Waals surface area (Å²) in [4.78, 5) is 53.1. The molecule has 0 aromatic heterocycles. The zero-order valence-electron chi connectivity index (χ0n) is 22.7. The molecule has 10 nitrogen and oxygen atoms in total. The van der Waals surface area contributed by atoms with Crippen molar-refractivity contribution in [1.29, 1.82) is 0 Å².